The van der Waals surface area contributed by atoms with E-state index in [1.807, 2.05) is 6.08 Å². The standard InChI is InChI=1S/C21H28O4/c1-20-8-7-13(23)9-12(20)3-4-14-15-5-6-16(18(25)11-22)21(15,2)10-17(24)19(14)20/h7-9,14-17,19,22,24H,3-6,10-11H2,1-2H3/t14-,15?,16?,17?,19?,20-,21-/m0/s1. The summed E-state index contributed by atoms with van der Waals surface area (Å²) in [6.07, 6.45) is 9.25. The van der Waals surface area contributed by atoms with E-state index in [0.717, 1.165) is 31.3 Å². The van der Waals surface area contributed by atoms with Gasteiger partial charge in [-0.25, -0.2) is 0 Å². The first-order valence-corrected chi connectivity index (χ1v) is 9.57. The highest BCUT2D eigenvalue weighted by Crippen LogP contribution is 2.65. The Bertz CT molecular complexity index is 677. The van der Waals surface area contributed by atoms with Gasteiger partial charge in [0.25, 0.3) is 0 Å². The zero-order valence-corrected chi connectivity index (χ0v) is 15.1. The number of aliphatic hydroxyl groups excluding tert-OH is 2. The van der Waals surface area contributed by atoms with Crippen LogP contribution in [-0.4, -0.2) is 34.5 Å². The minimum Gasteiger partial charge on any atom is -0.393 e. The normalized spacial score (nSPS) is 48.4. The molecular weight excluding hydrogens is 316 g/mol. The van der Waals surface area contributed by atoms with Gasteiger partial charge in [-0.15, -0.1) is 0 Å². The molecule has 4 unspecified atom stereocenters. The molecule has 7 atom stereocenters. The molecule has 3 saturated carbocycles. The largest absolute Gasteiger partial charge is 0.393 e. The summed E-state index contributed by atoms with van der Waals surface area (Å²) in [7, 11) is 0. The van der Waals surface area contributed by atoms with E-state index in [9.17, 15) is 19.8 Å². The van der Waals surface area contributed by atoms with Crippen LogP contribution in [0.25, 0.3) is 0 Å². The zero-order valence-electron chi connectivity index (χ0n) is 15.1. The van der Waals surface area contributed by atoms with Crippen LogP contribution in [0.4, 0.5) is 0 Å². The molecule has 4 rings (SSSR count). The number of rotatable bonds is 2. The molecule has 3 fully saturated rings. The SMILES string of the molecule is C[C@]12CC(O)C3[C@@H](CCC4=CC(=O)C=C[C@@]43C)C1CCC2C(=O)CO. The molecule has 0 radical (unpaired) electrons. The Hall–Kier alpha value is -1.26. The van der Waals surface area contributed by atoms with Gasteiger partial charge in [-0.3, -0.25) is 9.59 Å². The summed E-state index contributed by atoms with van der Waals surface area (Å²) in [5.74, 6) is 0.734. The van der Waals surface area contributed by atoms with Gasteiger partial charge in [0, 0.05) is 17.3 Å². The first-order chi connectivity index (χ1) is 11.8. The highest BCUT2D eigenvalue weighted by Gasteiger charge is 2.62. The van der Waals surface area contributed by atoms with Crippen molar-refractivity contribution in [1.29, 1.82) is 0 Å². The molecule has 0 heterocycles. The van der Waals surface area contributed by atoms with E-state index in [-0.39, 0.29) is 34.2 Å². The molecule has 136 valence electrons. The number of fused-ring (bicyclic) bond motifs is 5. The molecule has 4 heteroatoms. The van der Waals surface area contributed by atoms with Crippen LogP contribution in [0, 0.1) is 34.5 Å². The summed E-state index contributed by atoms with van der Waals surface area (Å²) >= 11 is 0. The maximum absolute atomic E-state index is 12.3. The van der Waals surface area contributed by atoms with Crippen LogP contribution in [0.15, 0.2) is 23.8 Å². The fourth-order valence-corrected chi connectivity index (χ4v) is 6.96. The average Bonchev–Trinajstić information content (AvgIpc) is 2.91. The molecule has 4 aliphatic carbocycles. The molecule has 0 aromatic heterocycles. The molecular formula is C21H28O4. The van der Waals surface area contributed by atoms with Crippen molar-refractivity contribution in [2.75, 3.05) is 6.61 Å². The minimum absolute atomic E-state index is 0.0514. The lowest BCUT2D eigenvalue weighted by atomic mass is 9.46. The lowest BCUT2D eigenvalue weighted by molar-refractivity contribution is -0.141. The first-order valence-electron chi connectivity index (χ1n) is 9.57. The van der Waals surface area contributed by atoms with E-state index in [4.69, 9.17) is 0 Å². The summed E-state index contributed by atoms with van der Waals surface area (Å²) in [6, 6.07) is 0. The molecule has 0 spiro atoms. The van der Waals surface area contributed by atoms with E-state index in [1.165, 1.54) is 0 Å². The third kappa shape index (κ3) is 2.26. The molecule has 0 saturated heterocycles. The van der Waals surface area contributed by atoms with Crippen molar-refractivity contribution < 1.29 is 19.8 Å². The van der Waals surface area contributed by atoms with Gasteiger partial charge in [0.15, 0.2) is 11.6 Å². The van der Waals surface area contributed by atoms with Gasteiger partial charge in [-0.1, -0.05) is 25.5 Å². The van der Waals surface area contributed by atoms with Crippen molar-refractivity contribution in [3.05, 3.63) is 23.8 Å². The number of aliphatic hydroxyl groups is 2. The molecule has 2 N–H and O–H groups in total. The van der Waals surface area contributed by atoms with Crippen LogP contribution in [-0.2, 0) is 9.59 Å². The number of hydrogen-bond donors (Lipinski definition) is 2. The van der Waals surface area contributed by atoms with Gasteiger partial charge >= 0.3 is 0 Å². The van der Waals surface area contributed by atoms with Crippen LogP contribution < -0.4 is 0 Å². The molecule has 4 aliphatic rings. The van der Waals surface area contributed by atoms with Crippen molar-refractivity contribution in [1.82, 2.24) is 0 Å². The zero-order chi connectivity index (χ0) is 18.0. The second kappa shape index (κ2) is 5.62. The molecule has 0 aliphatic heterocycles. The summed E-state index contributed by atoms with van der Waals surface area (Å²) in [4.78, 5) is 24.1. The number of carbonyl (C=O) groups is 2. The predicted molar refractivity (Wildman–Crippen MR) is 93.6 cm³/mol. The molecule has 4 nitrogen and oxygen atoms in total. The Morgan fingerprint density at radius 1 is 1.28 bits per heavy atom. The summed E-state index contributed by atoms with van der Waals surface area (Å²) in [6.45, 7) is 3.92. The van der Waals surface area contributed by atoms with Crippen molar-refractivity contribution in [2.24, 2.45) is 34.5 Å². The van der Waals surface area contributed by atoms with Gasteiger partial charge in [0.05, 0.1) is 6.10 Å². The summed E-state index contributed by atoms with van der Waals surface area (Å²) < 4.78 is 0. The highest BCUT2D eigenvalue weighted by atomic mass is 16.3. The van der Waals surface area contributed by atoms with Crippen molar-refractivity contribution in [3.63, 3.8) is 0 Å². The summed E-state index contributed by atoms with van der Waals surface area (Å²) in [5, 5.41) is 20.5. The topological polar surface area (TPSA) is 74.6 Å². The maximum atomic E-state index is 12.3. The Balaban J connectivity index is 1.71. The fourth-order valence-electron chi connectivity index (χ4n) is 6.96. The van der Waals surface area contributed by atoms with Crippen molar-refractivity contribution >= 4 is 11.6 Å². The minimum atomic E-state index is -0.482. The predicted octanol–water partition coefficient (Wildman–Crippen LogP) is 2.44. The number of hydrogen-bond acceptors (Lipinski definition) is 4. The Kier molecular flexibility index (Phi) is 3.86. The molecule has 0 amide bonds. The van der Waals surface area contributed by atoms with Crippen LogP contribution in [0.5, 0.6) is 0 Å². The third-order valence-electron chi connectivity index (χ3n) is 8.04. The Labute approximate surface area is 149 Å². The van der Waals surface area contributed by atoms with Gasteiger partial charge < -0.3 is 10.2 Å². The van der Waals surface area contributed by atoms with Gasteiger partial charge in [0.1, 0.15) is 6.61 Å². The monoisotopic (exact) mass is 344 g/mol. The van der Waals surface area contributed by atoms with Crippen molar-refractivity contribution in [2.45, 2.75) is 52.1 Å². The second-order valence-electron chi connectivity index (χ2n) is 9.05. The fraction of sp³-hybridized carbons (Fsp3) is 0.714. The smallest absolute Gasteiger partial charge is 0.178 e. The van der Waals surface area contributed by atoms with Crippen molar-refractivity contribution in [3.8, 4) is 0 Å². The average molecular weight is 344 g/mol. The molecule has 0 bridgehead atoms. The quantitative estimate of drug-likeness (QED) is 0.807. The number of carbonyl (C=O) groups excluding carboxylic acids is 2. The van der Waals surface area contributed by atoms with Crippen LogP contribution >= 0.6 is 0 Å². The third-order valence-corrected chi connectivity index (χ3v) is 8.04. The molecule has 0 aromatic rings. The number of ketones is 2. The Morgan fingerprint density at radius 3 is 2.76 bits per heavy atom. The lowest BCUT2D eigenvalue weighted by Gasteiger charge is -2.58. The first kappa shape index (κ1) is 17.2. The Morgan fingerprint density at radius 2 is 2.04 bits per heavy atom. The van der Waals surface area contributed by atoms with E-state index in [1.54, 1.807) is 12.2 Å². The van der Waals surface area contributed by atoms with Crippen LogP contribution in [0.3, 0.4) is 0 Å². The number of allylic oxidation sites excluding steroid dienone is 4. The van der Waals surface area contributed by atoms with E-state index < -0.39 is 12.7 Å². The van der Waals surface area contributed by atoms with Crippen LogP contribution in [0.1, 0.15) is 46.0 Å². The van der Waals surface area contributed by atoms with E-state index >= 15 is 0 Å². The van der Waals surface area contributed by atoms with Gasteiger partial charge in [-0.2, -0.15) is 0 Å². The number of Topliss-reactive ketones (excluding diaryl/α,β-unsaturated/α-hetero) is 1. The van der Waals surface area contributed by atoms with E-state index in [2.05, 4.69) is 13.8 Å². The van der Waals surface area contributed by atoms with E-state index in [0.29, 0.717) is 18.3 Å². The lowest BCUT2D eigenvalue weighted by Crippen LogP contribution is -2.56. The van der Waals surface area contributed by atoms with Gasteiger partial charge in [-0.05, 0) is 61.5 Å². The molecule has 0 aromatic carbocycles. The van der Waals surface area contributed by atoms with Crippen LogP contribution in [0.2, 0.25) is 0 Å². The maximum Gasteiger partial charge on any atom is 0.178 e. The van der Waals surface area contributed by atoms with Gasteiger partial charge in [0.2, 0.25) is 0 Å². The highest BCUT2D eigenvalue weighted by molar-refractivity contribution is 6.01. The molecule has 25 heavy (non-hydrogen) atoms. The summed E-state index contributed by atoms with van der Waals surface area (Å²) in [5.41, 5.74) is 0.688. The second-order valence-corrected chi connectivity index (χ2v) is 9.05.